The number of carbonyl (C=O) groups is 1. The van der Waals surface area contributed by atoms with Gasteiger partial charge in [-0.25, -0.2) is 0 Å². The van der Waals surface area contributed by atoms with Crippen LogP contribution in [0.5, 0.6) is 0 Å². The van der Waals surface area contributed by atoms with Gasteiger partial charge >= 0.3 is 5.97 Å². The first-order valence-electron chi connectivity index (χ1n) is 4.40. The first kappa shape index (κ1) is 12.4. The molecule has 0 aromatic rings. The van der Waals surface area contributed by atoms with Gasteiger partial charge in [-0.15, -0.1) is 0 Å². The van der Waals surface area contributed by atoms with Crippen LogP contribution in [0.25, 0.3) is 0 Å². The van der Waals surface area contributed by atoms with Gasteiger partial charge in [0.25, 0.3) is 0 Å². The van der Waals surface area contributed by atoms with Gasteiger partial charge in [0.15, 0.2) is 0 Å². The van der Waals surface area contributed by atoms with Crippen LogP contribution >= 0.6 is 0 Å². The fourth-order valence-corrected chi connectivity index (χ4v) is 0.712. The molecule has 0 aliphatic rings. The summed E-state index contributed by atoms with van der Waals surface area (Å²) in [5, 5.41) is 8.80. The van der Waals surface area contributed by atoms with Gasteiger partial charge < -0.3 is 5.11 Å². The average Bonchev–Trinajstić information content (AvgIpc) is 1.82. The summed E-state index contributed by atoms with van der Waals surface area (Å²) in [6.45, 7) is 9.24. The largest absolute Gasteiger partial charge is 0.480 e. The molecule has 0 bridgehead atoms. The molecule has 0 rings (SSSR count). The van der Waals surface area contributed by atoms with E-state index in [2.05, 4.69) is 5.48 Å². The summed E-state index contributed by atoms with van der Waals surface area (Å²) >= 11 is 0. The summed E-state index contributed by atoms with van der Waals surface area (Å²) in [5.41, 5.74) is 2.19. The Balaban J connectivity index is 4.06. The number of carboxylic acid groups (broad SMARTS) is 1. The van der Waals surface area contributed by atoms with Gasteiger partial charge in [-0.2, -0.15) is 5.48 Å². The van der Waals surface area contributed by atoms with Crippen LogP contribution in [0.4, 0.5) is 0 Å². The van der Waals surface area contributed by atoms with Crippen LogP contribution in [0.1, 0.15) is 34.6 Å². The lowest BCUT2D eigenvalue weighted by Crippen LogP contribution is -2.44. The highest BCUT2D eigenvalue weighted by Crippen LogP contribution is 2.07. The SMILES string of the molecule is CC(C)[C@@H](NOC(C)(C)C)C(=O)O. The maximum Gasteiger partial charge on any atom is 0.323 e. The Labute approximate surface area is 79.2 Å². The van der Waals surface area contributed by atoms with Crippen LogP contribution < -0.4 is 5.48 Å². The molecule has 0 radical (unpaired) electrons. The first-order chi connectivity index (χ1) is 5.74. The Morgan fingerprint density at radius 3 is 2.08 bits per heavy atom. The molecule has 78 valence electrons. The molecule has 0 unspecified atom stereocenters. The maximum absolute atomic E-state index is 10.7. The summed E-state index contributed by atoms with van der Waals surface area (Å²) in [6.07, 6.45) is 0. The van der Waals surface area contributed by atoms with Crippen molar-refractivity contribution in [3.05, 3.63) is 0 Å². The molecule has 2 N–H and O–H groups in total. The number of carboxylic acids is 1. The van der Waals surface area contributed by atoms with Gasteiger partial charge in [0.05, 0.1) is 5.60 Å². The molecule has 1 atom stereocenters. The van der Waals surface area contributed by atoms with Crippen LogP contribution in [0.15, 0.2) is 0 Å². The van der Waals surface area contributed by atoms with Crippen LogP contribution in [0, 0.1) is 5.92 Å². The lowest BCUT2D eigenvalue weighted by molar-refractivity contribution is -0.152. The lowest BCUT2D eigenvalue weighted by atomic mass is 10.1. The Morgan fingerprint density at radius 2 is 1.85 bits per heavy atom. The molecule has 0 saturated carbocycles. The number of hydroxylamine groups is 1. The van der Waals surface area contributed by atoms with Crippen LogP contribution in [0.3, 0.4) is 0 Å². The number of aliphatic carboxylic acids is 1. The lowest BCUT2D eigenvalue weighted by Gasteiger charge is -2.24. The third kappa shape index (κ3) is 5.60. The highest BCUT2D eigenvalue weighted by molar-refractivity contribution is 5.73. The van der Waals surface area contributed by atoms with Crippen molar-refractivity contribution in [1.29, 1.82) is 0 Å². The molecular weight excluding hydrogens is 170 g/mol. The Hall–Kier alpha value is -0.610. The van der Waals surface area contributed by atoms with Gasteiger partial charge in [-0.3, -0.25) is 9.63 Å². The van der Waals surface area contributed by atoms with E-state index >= 15 is 0 Å². The van der Waals surface area contributed by atoms with Crippen molar-refractivity contribution in [3.63, 3.8) is 0 Å². The molecule has 0 aromatic heterocycles. The minimum Gasteiger partial charge on any atom is -0.480 e. The zero-order valence-corrected chi connectivity index (χ0v) is 8.92. The fourth-order valence-electron chi connectivity index (χ4n) is 0.712. The second-order valence-corrected chi connectivity index (χ2v) is 4.39. The smallest absolute Gasteiger partial charge is 0.323 e. The van der Waals surface area contributed by atoms with E-state index in [-0.39, 0.29) is 11.5 Å². The molecule has 0 aliphatic heterocycles. The zero-order valence-electron chi connectivity index (χ0n) is 8.92. The zero-order chi connectivity index (χ0) is 10.6. The number of hydrogen-bond acceptors (Lipinski definition) is 3. The number of rotatable bonds is 4. The summed E-state index contributed by atoms with van der Waals surface area (Å²) in [6, 6.07) is -0.653. The molecule has 0 aliphatic carbocycles. The van der Waals surface area contributed by atoms with Gasteiger partial charge in [-0.05, 0) is 26.7 Å². The molecule has 0 fully saturated rings. The molecule has 4 heteroatoms. The van der Waals surface area contributed by atoms with E-state index in [1.54, 1.807) is 0 Å². The van der Waals surface area contributed by atoms with Gasteiger partial charge in [0, 0.05) is 0 Å². The van der Waals surface area contributed by atoms with E-state index in [0.717, 1.165) is 0 Å². The Bertz CT molecular complexity index is 172. The fraction of sp³-hybridized carbons (Fsp3) is 0.889. The first-order valence-corrected chi connectivity index (χ1v) is 4.40. The number of hydrogen-bond donors (Lipinski definition) is 2. The van der Waals surface area contributed by atoms with Gasteiger partial charge in [0.2, 0.25) is 0 Å². The van der Waals surface area contributed by atoms with Crippen molar-refractivity contribution in [3.8, 4) is 0 Å². The van der Waals surface area contributed by atoms with Gasteiger partial charge in [0.1, 0.15) is 6.04 Å². The van der Waals surface area contributed by atoms with E-state index < -0.39 is 12.0 Å². The third-order valence-corrected chi connectivity index (χ3v) is 1.42. The maximum atomic E-state index is 10.7. The molecule has 0 amide bonds. The molecular formula is C9H19NO3. The number of nitrogens with one attached hydrogen (secondary N) is 1. The molecule has 13 heavy (non-hydrogen) atoms. The van der Waals surface area contributed by atoms with E-state index in [1.807, 2.05) is 34.6 Å². The predicted molar refractivity (Wildman–Crippen MR) is 50.2 cm³/mol. The average molecular weight is 189 g/mol. The van der Waals surface area contributed by atoms with E-state index in [0.29, 0.717) is 0 Å². The Kier molecular flexibility index (Phi) is 4.36. The molecule has 0 saturated heterocycles. The standard InChI is InChI=1S/C9H19NO3/c1-6(2)7(8(11)12)10-13-9(3,4)5/h6-7,10H,1-5H3,(H,11,12)/t7-/m1/s1. The second kappa shape index (κ2) is 4.58. The summed E-state index contributed by atoms with van der Waals surface area (Å²) < 4.78 is 0. The summed E-state index contributed by atoms with van der Waals surface area (Å²) in [5.74, 6) is -0.890. The van der Waals surface area contributed by atoms with Gasteiger partial charge in [-0.1, -0.05) is 13.8 Å². The topological polar surface area (TPSA) is 58.6 Å². The normalized spacial score (nSPS) is 14.6. The minimum atomic E-state index is -0.890. The van der Waals surface area contributed by atoms with Crippen molar-refractivity contribution in [2.75, 3.05) is 0 Å². The summed E-state index contributed by atoms with van der Waals surface area (Å²) in [4.78, 5) is 15.9. The van der Waals surface area contributed by atoms with Crippen LogP contribution in [0.2, 0.25) is 0 Å². The minimum absolute atomic E-state index is 0.000139. The van der Waals surface area contributed by atoms with Crippen LogP contribution in [-0.4, -0.2) is 22.7 Å². The molecule has 4 nitrogen and oxygen atoms in total. The van der Waals surface area contributed by atoms with Crippen molar-refractivity contribution in [1.82, 2.24) is 5.48 Å². The highest BCUT2D eigenvalue weighted by Gasteiger charge is 2.23. The monoisotopic (exact) mass is 189 g/mol. The molecule has 0 aromatic carbocycles. The Morgan fingerprint density at radius 1 is 1.38 bits per heavy atom. The van der Waals surface area contributed by atoms with Crippen molar-refractivity contribution < 1.29 is 14.7 Å². The molecule has 0 heterocycles. The second-order valence-electron chi connectivity index (χ2n) is 4.39. The highest BCUT2D eigenvalue weighted by atomic mass is 16.7. The van der Waals surface area contributed by atoms with Crippen molar-refractivity contribution in [2.45, 2.75) is 46.3 Å². The van der Waals surface area contributed by atoms with E-state index in [9.17, 15) is 4.79 Å². The van der Waals surface area contributed by atoms with Crippen LogP contribution in [-0.2, 0) is 9.63 Å². The molecule has 0 spiro atoms. The van der Waals surface area contributed by atoms with Crippen molar-refractivity contribution >= 4 is 5.97 Å². The van der Waals surface area contributed by atoms with E-state index in [4.69, 9.17) is 9.94 Å². The third-order valence-electron chi connectivity index (χ3n) is 1.42. The van der Waals surface area contributed by atoms with Crippen molar-refractivity contribution in [2.24, 2.45) is 5.92 Å². The summed E-state index contributed by atoms with van der Waals surface area (Å²) in [7, 11) is 0. The van der Waals surface area contributed by atoms with E-state index in [1.165, 1.54) is 0 Å². The quantitative estimate of drug-likeness (QED) is 0.656. The predicted octanol–water partition coefficient (Wildman–Crippen LogP) is 1.42.